The summed E-state index contributed by atoms with van der Waals surface area (Å²) in [5.74, 6) is -0.664. The fourth-order valence-corrected chi connectivity index (χ4v) is 2.61. The second-order valence-corrected chi connectivity index (χ2v) is 9.24. The van der Waals surface area contributed by atoms with Crippen molar-refractivity contribution in [3.8, 4) is 0 Å². The largest absolute Gasteiger partial charge is 0.459 e. The molecule has 2 saturated heterocycles. The predicted octanol–water partition coefficient (Wildman–Crippen LogP) is 2.85. The molecule has 164 valence electrons. The van der Waals surface area contributed by atoms with Gasteiger partial charge < -0.3 is 25.3 Å². The Morgan fingerprint density at radius 2 is 1.50 bits per heavy atom. The molecule has 0 aromatic rings. The number of esters is 2. The van der Waals surface area contributed by atoms with E-state index in [1.54, 1.807) is 20.8 Å². The van der Waals surface area contributed by atoms with Crippen molar-refractivity contribution in [2.45, 2.75) is 103 Å². The molecule has 2 fully saturated rings. The van der Waals surface area contributed by atoms with Crippen LogP contribution in [0.1, 0.15) is 74.1 Å². The van der Waals surface area contributed by atoms with Crippen molar-refractivity contribution in [3.05, 3.63) is 0 Å². The topological polar surface area (TPSA) is 117 Å². The molecule has 8 nitrogen and oxygen atoms in total. The SMILES string of the molecule is CC(C)(C)OC(=O)NC1CCC(C)(C)OC1=O.CC1(C)CCC(N)C(=O)O1.Cl. The molecular formula is C19H35ClN2O6. The number of halogens is 1. The van der Waals surface area contributed by atoms with E-state index in [4.69, 9.17) is 19.9 Å². The summed E-state index contributed by atoms with van der Waals surface area (Å²) >= 11 is 0. The molecule has 2 heterocycles. The minimum Gasteiger partial charge on any atom is -0.459 e. The molecule has 0 radical (unpaired) electrons. The summed E-state index contributed by atoms with van der Waals surface area (Å²) in [6.07, 6.45) is 2.31. The van der Waals surface area contributed by atoms with Gasteiger partial charge in [0.05, 0.1) is 0 Å². The number of hydrogen-bond acceptors (Lipinski definition) is 7. The Labute approximate surface area is 173 Å². The second-order valence-electron chi connectivity index (χ2n) is 9.24. The normalized spacial score (nSPS) is 25.7. The van der Waals surface area contributed by atoms with Gasteiger partial charge in [-0.15, -0.1) is 12.4 Å². The van der Waals surface area contributed by atoms with Gasteiger partial charge in [-0.2, -0.15) is 0 Å². The van der Waals surface area contributed by atoms with Gasteiger partial charge in [0.2, 0.25) is 0 Å². The molecule has 0 aromatic heterocycles. The predicted molar refractivity (Wildman–Crippen MR) is 107 cm³/mol. The highest BCUT2D eigenvalue weighted by Crippen LogP contribution is 2.25. The average molecular weight is 423 g/mol. The monoisotopic (exact) mass is 422 g/mol. The third-order valence-electron chi connectivity index (χ3n) is 4.12. The van der Waals surface area contributed by atoms with Crippen molar-refractivity contribution in [2.75, 3.05) is 0 Å². The van der Waals surface area contributed by atoms with Crippen LogP contribution in [0.3, 0.4) is 0 Å². The highest BCUT2D eigenvalue weighted by atomic mass is 35.5. The Kier molecular flexibility index (Phi) is 9.24. The van der Waals surface area contributed by atoms with Crippen LogP contribution in [0.15, 0.2) is 0 Å². The zero-order valence-electron chi connectivity index (χ0n) is 17.9. The van der Waals surface area contributed by atoms with Crippen LogP contribution in [-0.2, 0) is 23.8 Å². The van der Waals surface area contributed by atoms with E-state index in [0.29, 0.717) is 6.42 Å². The van der Waals surface area contributed by atoms with Crippen LogP contribution in [0, 0.1) is 0 Å². The molecule has 0 spiro atoms. The number of alkyl carbamates (subject to hydrolysis) is 1. The van der Waals surface area contributed by atoms with Gasteiger partial charge in [-0.3, -0.25) is 4.79 Å². The molecular weight excluding hydrogens is 388 g/mol. The van der Waals surface area contributed by atoms with Gasteiger partial charge in [0.1, 0.15) is 28.9 Å². The van der Waals surface area contributed by atoms with E-state index in [2.05, 4.69) is 5.32 Å². The number of carbonyl (C=O) groups is 3. The Morgan fingerprint density at radius 3 is 1.89 bits per heavy atom. The maximum Gasteiger partial charge on any atom is 0.408 e. The molecule has 2 unspecified atom stereocenters. The van der Waals surface area contributed by atoms with Crippen molar-refractivity contribution in [1.82, 2.24) is 5.32 Å². The van der Waals surface area contributed by atoms with E-state index < -0.39 is 35.3 Å². The second kappa shape index (κ2) is 9.78. The fraction of sp³-hybridized carbons (Fsp3) is 0.842. The van der Waals surface area contributed by atoms with Crippen molar-refractivity contribution in [2.24, 2.45) is 5.73 Å². The number of carbonyl (C=O) groups excluding carboxylic acids is 3. The maximum atomic E-state index is 11.6. The summed E-state index contributed by atoms with van der Waals surface area (Å²) in [6.45, 7) is 12.8. The molecule has 0 saturated carbocycles. The number of rotatable bonds is 1. The van der Waals surface area contributed by atoms with E-state index in [0.717, 1.165) is 19.3 Å². The van der Waals surface area contributed by atoms with Crippen LogP contribution >= 0.6 is 12.4 Å². The summed E-state index contributed by atoms with van der Waals surface area (Å²) in [7, 11) is 0. The van der Waals surface area contributed by atoms with Crippen LogP contribution < -0.4 is 11.1 Å². The lowest BCUT2D eigenvalue weighted by atomic mass is 9.95. The highest BCUT2D eigenvalue weighted by Gasteiger charge is 2.36. The number of hydrogen-bond donors (Lipinski definition) is 2. The molecule has 2 atom stereocenters. The summed E-state index contributed by atoms with van der Waals surface area (Å²) in [5.41, 5.74) is 4.12. The molecule has 28 heavy (non-hydrogen) atoms. The first-order chi connectivity index (χ1) is 12.1. The standard InChI is InChI=1S/C12H21NO4.C7H13NO2.ClH/c1-11(2,3)17-10(15)13-8-6-7-12(4,5)16-9(8)14;1-7(2)4-3-5(8)6(9)10-7;/h8H,6-7H2,1-5H3,(H,13,15);5H,3-4,8H2,1-2H3;1H. The van der Waals surface area contributed by atoms with Crippen molar-refractivity contribution in [3.63, 3.8) is 0 Å². The molecule has 9 heteroatoms. The van der Waals surface area contributed by atoms with E-state index in [-0.39, 0.29) is 24.0 Å². The first kappa shape index (κ1) is 26.5. The van der Waals surface area contributed by atoms with Crippen LogP contribution in [0.4, 0.5) is 4.79 Å². The van der Waals surface area contributed by atoms with Crippen LogP contribution in [0.25, 0.3) is 0 Å². The smallest absolute Gasteiger partial charge is 0.408 e. The lowest BCUT2D eigenvalue weighted by molar-refractivity contribution is -0.166. The summed E-state index contributed by atoms with van der Waals surface area (Å²) in [4.78, 5) is 34.0. The molecule has 0 aromatic carbocycles. The van der Waals surface area contributed by atoms with Gasteiger partial charge in [-0.25, -0.2) is 9.59 Å². The average Bonchev–Trinajstić information content (AvgIpc) is 2.44. The number of ether oxygens (including phenoxy) is 3. The van der Waals surface area contributed by atoms with Gasteiger partial charge >= 0.3 is 18.0 Å². The minimum absolute atomic E-state index is 0. The van der Waals surface area contributed by atoms with Crippen LogP contribution in [-0.4, -0.2) is 46.9 Å². The number of nitrogens with two attached hydrogens (primary N) is 1. The fourth-order valence-electron chi connectivity index (χ4n) is 2.61. The van der Waals surface area contributed by atoms with Gasteiger partial charge in [0, 0.05) is 0 Å². The first-order valence-electron chi connectivity index (χ1n) is 9.31. The van der Waals surface area contributed by atoms with Crippen molar-refractivity contribution in [1.29, 1.82) is 0 Å². The van der Waals surface area contributed by atoms with Gasteiger partial charge in [0.25, 0.3) is 0 Å². The first-order valence-corrected chi connectivity index (χ1v) is 9.31. The maximum absolute atomic E-state index is 11.6. The Balaban J connectivity index is 0.000000567. The molecule has 2 aliphatic rings. The lowest BCUT2D eigenvalue weighted by Crippen LogP contribution is -2.50. The Morgan fingerprint density at radius 1 is 1.04 bits per heavy atom. The van der Waals surface area contributed by atoms with Crippen molar-refractivity contribution >= 4 is 30.4 Å². The molecule has 2 aliphatic heterocycles. The van der Waals surface area contributed by atoms with E-state index in [9.17, 15) is 14.4 Å². The molecule has 0 aliphatic carbocycles. The zero-order valence-corrected chi connectivity index (χ0v) is 18.7. The number of cyclic esters (lactones) is 2. The van der Waals surface area contributed by atoms with Crippen molar-refractivity contribution < 1.29 is 28.6 Å². The molecule has 3 N–H and O–H groups in total. The Hall–Kier alpha value is -1.54. The summed E-state index contributed by atoms with van der Waals surface area (Å²) in [5, 5.41) is 2.53. The van der Waals surface area contributed by atoms with E-state index >= 15 is 0 Å². The summed E-state index contributed by atoms with van der Waals surface area (Å²) < 4.78 is 15.3. The number of nitrogens with one attached hydrogen (secondary N) is 1. The van der Waals surface area contributed by atoms with Gasteiger partial charge in [-0.1, -0.05) is 0 Å². The molecule has 1 amide bonds. The highest BCUT2D eigenvalue weighted by molar-refractivity contribution is 5.85. The van der Waals surface area contributed by atoms with Gasteiger partial charge in [0.15, 0.2) is 0 Å². The lowest BCUT2D eigenvalue weighted by Gasteiger charge is -2.34. The van der Waals surface area contributed by atoms with Crippen LogP contribution in [0.5, 0.6) is 0 Å². The van der Waals surface area contributed by atoms with Gasteiger partial charge in [-0.05, 0) is 74.1 Å². The number of amides is 1. The third kappa shape index (κ3) is 9.59. The third-order valence-corrected chi connectivity index (χ3v) is 4.12. The quantitative estimate of drug-likeness (QED) is 0.492. The molecule has 2 rings (SSSR count). The van der Waals surface area contributed by atoms with E-state index in [1.165, 1.54) is 0 Å². The van der Waals surface area contributed by atoms with Crippen LogP contribution in [0.2, 0.25) is 0 Å². The summed E-state index contributed by atoms with van der Waals surface area (Å²) in [6, 6.07) is -0.995. The van der Waals surface area contributed by atoms with E-state index in [1.807, 2.05) is 27.7 Å². The molecule has 0 bridgehead atoms. The Bertz CT molecular complexity index is 571. The zero-order chi connectivity index (χ0) is 21.0. The minimum atomic E-state index is -0.599.